The fourth-order valence-corrected chi connectivity index (χ4v) is 2.15. The lowest BCUT2D eigenvalue weighted by atomic mass is 10.2. The van der Waals surface area contributed by atoms with Gasteiger partial charge in [0.25, 0.3) is 11.3 Å². The summed E-state index contributed by atoms with van der Waals surface area (Å²) in [6.45, 7) is 2.18. The maximum absolute atomic E-state index is 12.0. The minimum absolute atomic E-state index is 0.0461. The van der Waals surface area contributed by atoms with Crippen molar-refractivity contribution in [1.29, 1.82) is 0 Å². The summed E-state index contributed by atoms with van der Waals surface area (Å²) < 4.78 is 1.25. The van der Waals surface area contributed by atoms with Crippen LogP contribution in [-0.2, 0) is 17.8 Å². The van der Waals surface area contributed by atoms with Gasteiger partial charge in [0.15, 0.2) is 0 Å². The van der Waals surface area contributed by atoms with Gasteiger partial charge in [0.1, 0.15) is 5.82 Å². The van der Waals surface area contributed by atoms with E-state index in [1.807, 2.05) is 30.3 Å². The third-order valence-electron chi connectivity index (χ3n) is 3.17. The first-order valence-electron chi connectivity index (χ1n) is 6.88. The van der Waals surface area contributed by atoms with Crippen LogP contribution in [0.1, 0.15) is 17.1 Å². The van der Waals surface area contributed by atoms with Crippen LogP contribution >= 0.6 is 0 Å². The van der Waals surface area contributed by atoms with Crippen molar-refractivity contribution in [1.82, 2.24) is 24.9 Å². The van der Waals surface area contributed by atoms with Gasteiger partial charge in [-0.05, 0) is 12.5 Å². The average Bonchev–Trinajstić information content (AvgIpc) is 2.87. The zero-order chi connectivity index (χ0) is 15.5. The van der Waals surface area contributed by atoms with Gasteiger partial charge in [-0.2, -0.15) is 9.50 Å². The van der Waals surface area contributed by atoms with Gasteiger partial charge in [-0.15, -0.1) is 0 Å². The fraction of sp³-hybridized carbons (Fsp3) is 0.200. The van der Waals surface area contributed by atoms with Crippen molar-refractivity contribution >= 4 is 11.7 Å². The molecular formula is C15H15N5O2. The Labute approximate surface area is 126 Å². The summed E-state index contributed by atoms with van der Waals surface area (Å²) in [4.78, 5) is 32.2. The van der Waals surface area contributed by atoms with Crippen LogP contribution in [0.5, 0.6) is 0 Å². The molecule has 3 rings (SSSR count). The molecule has 0 unspecified atom stereocenters. The SMILES string of the molecule is Cc1nc2nc(CC(=O)NCc3ccccc3)cc(=O)n2[nH]1. The molecule has 0 atom stereocenters. The van der Waals surface area contributed by atoms with Crippen LogP contribution in [0.2, 0.25) is 0 Å². The first-order chi connectivity index (χ1) is 10.6. The van der Waals surface area contributed by atoms with Crippen molar-refractivity contribution in [3.05, 3.63) is 63.8 Å². The first-order valence-corrected chi connectivity index (χ1v) is 6.88. The van der Waals surface area contributed by atoms with Gasteiger partial charge >= 0.3 is 0 Å². The second-order valence-electron chi connectivity index (χ2n) is 4.97. The van der Waals surface area contributed by atoms with E-state index < -0.39 is 0 Å². The molecule has 3 aromatic rings. The number of aromatic amines is 1. The molecule has 0 bridgehead atoms. The van der Waals surface area contributed by atoms with Gasteiger partial charge in [0.2, 0.25) is 5.91 Å². The lowest BCUT2D eigenvalue weighted by molar-refractivity contribution is -0.120. The summed E-state index contributed by atoms with van der Waals surface area (Å²) in [5.74, 6) is 0.679. The number of nitrogens with one attached hydrogen (secondary N) is 2. The normalized spacial score (nSPS) is 10.8. The molecule has 22 heavy (non-hydrogen) atoms. The van der Waals surface area contributed by atoms with E-state index in [-0.39, 0.29) is 23.7 Å². The van der Waals surface area contributed by atoms with Gasteiger partial charge in [-0.25, -0.2) is 4.98 Å². The summed E-state index contributed by atoms with van der Waals surface area (Å²) in [7, 11) is 0. The van der Waals surface area contributed by atoms with Crippen LogP contribution in [0.3, 0.4) is 0 Å². The summed E-state index contributed by atoms with van der Waals surface area (Å²) >= 11 is 0. The largest absolute Gasteiger partial charge is 0.352 e. The van der Waals surface area contributed by atoms with E-state index in [4.69, 9.17) is 0 Å². The van der Waals surface area contributed by atoms with Gasteiger partial charge in [-0.3, -0.25) is 14.7 Å². The number of hydrogen-bond donors (Lipinski definition) is 2. The molecule has 0 fully saturated rings. The van der Waals surface area contributed by atoms with Crippen molar-refractivity contribution in [2.24, 2.45) is 0 Å². The molecule has 0 saturated carbocycles. The molecule has 112 valence electrons. The highest BCUT2D eigenvalue weighted by Gasteiger charge is 2.09. The zero-order valence-corrected chi connectivity index (χ0v) is 12.0. The van der Waals surface area contributed by atoms with Crippen molar-refractivity contribution < 1.29 is 4.79 Å². The summed E-state index contributed by atoms with van der Waals surface area (Å²) in [6, 6.07) is 11.0. The topological polar surface area (TPSA) is 92.2 Å². The average molecular weight is 297 g/mol. The molecule has 0 radical (unpaired) electrons. The van der Waals surface area contributed by atoms with E-state index in [9.17, 15) is 9.59 Å². The number of carbonyl (C=O) groups excluding carboxylic acids is 1. The van der Waals surface area contributed by atoms with E-state index in [1.54, 1.807) is 6.92 Å². The van der Waals surface area contributed by atoms with Crippen LogP contribution in [-0.4, -0.2) is 25.5 Å². The highest BCUT2D eigenvalue weighted by atomic mass is 16.1. The zero-order valence-electron chi connectivity index (χ0n) is 12.0. The minimum Gasteiger partial charge on any atom is -0.352 e. The van der Waals surface area contributed by atoms with Gasteiger partial charge in [0.05, 0.1) is 12.1 Å². The molecular weight excluding hydrogens is 282 g/mol. The Kier molecular flexibility index (Phi) is 3.69. The highest BCUT2D eigenvalue weighted by molar-refractivity contribution is 5.78. The minimum atomic E-state index is -0.281. The van der Waals surface area contributed by atoms with Gasteiger partial charge < -0.3 is 5.32 Å². The van der Waals surface area contributed by atoms with Gasteiger partial charge in [0, 0.05) is 12.6 Å². The number of carbonyl (C=O) groups is 1. The molecule has 0 aliphatic carbocycles. The quantitative estimate of drug-likeness (QED) is 0.737. The van der Waals surface area contributed by atoms with Crippen molar-refractivity contribution in [2.45, 2.75) is 19.9 Å². The molecule has 0 aliphatic rings. The number of amides is 1. The molecule has 1 aromatic carbocycles. The Morgan fingerprint density at radius 3 is 2.82 bits per heavy atom. The third kappa shape index (κ3) is 3.03. The van der Waals surface area contributed by atoms with Crippen LogP contribution in [0, 0.1) is 6.92 Å². The Morgan fingerprint density at radius 1 is 1.27 bits per heavy atom. The van der Waals surface area contributed by atoms with E-state index in [1.165, 1.54) is 10.6 Å². The maximum atomic E-state index is 12.0. The number of H-pyrrole nitrogens is 1. The molecule has 0 spiro atoms. The predicted molar refractivity (Wildman–Crippen MR) is 80.3 cm³/mol. The number of benzene rings is 1. The van der Waals surface area contributed by atoms with Crippen LogP contribution in [0.15, 0.2) is 41.2 Å². The number of fused-ring (bicyclic) bond motifs is 1. The van der Waals surface area contributed by atoms with Crippen molar-refractivity contribution in [2.75, 3.05) is 0 Å². The van der Waals surface area contributed by atoms with Crippen molar-refractivity contribution in [3.8, 4) is 0 Å². The molecule has 0 aliphatic heterocycles. The van der Waals surface area contributed by atoms with Crippen molar-refractivity contribution in [3.63, 3.8) is 0 Å². The molecule has 1 amide bonds. The highest BCUT2D eigenvalue weighted by Crippen LogP contribution is 2.00. The number of rotatable bonds is 4. The molecule has 2 N–H and O–H groups in total. The summed E-state index contributed by atoms with van der Waals surface area (Å²) in [5, 5.41) is 5.59. The lowest BCUT2D eigenvalue weighted by Crippen LogP contribution is -2.26. The molecule has 2 aromatic heterocycles. The number of aromatic nitrogens is 4. The van der Waals surface area contributed by atoms with Crippen LogP contribution < -0.4 is 10.9 Å². The number of nitrogens with zero attached hydrogens (tertiary/aromatic N) is 3. The molecule has 0 saturated heterocycles. The van der Waals surface area contributed by atoms with Crippen LogP contribution in [0.25, 0.3) is 5.78 Å². The lowest BCUT2D eigenvalue weighted by Gasteiger charge is -2.05. The second-order valence-corrected chi connectivity index (χ2v) is 4.97. The second kappa shape index (κ2) is 5.80. The molecule has 7 heteroatoms. The Hall–Kier alpha value is -2.96. The smallest absolute Gasteiger partial charge is 0.274 e. The third-order valence-corrected chi connectivity index (χ3v) is 3.17. The number of aryl methyl sites for hydroxylation is 1. The van der Waals surface area contributed by atoms with E-state index in [0.717, 1.165) is 5.56 Å². The fourth-order valence-electron chi connectivity index (χ4n) is 2.15. The standard InChI is InChI=1S/C15H15N5O2/c1-10-17-15-18-12(8-14(22)20(15)19-10)7-13(21)16-9-11-5-3-2-4-6-11/h2-6,8H,7,9H2,1H3,(H,16,21)(H,17,18,19). The Morgan fingerprint density at radius 2 is 2.05 bits per heavy atom. The number of hydrogen-bond acceptors (Lipinski definition) is 4. The predicted octanol–water partition coefficient (Wildman–Crippen LogP) is 0.585. The summed E-state index contributed by atoms with van der Waals surface area (Å²) in [5.41, 5.74) is 1.14. The molecule has 2 heterocycles. The maximum Gasteiger partial charge on any atom is 0.274 e. The summed E-state index contributed by atoms with van der Waals surface area (Å²) in [6.07, 6.45) is 0.0461. The van der Waals surface area contributed by atoms with Gasteiger partial charge in [-0.1, -0.05) is 30.3 Å². The van der Waals surface area contributed by atoms with Crippen LogP contribution in [0.4, 0.5) is 0 Å². The van der Waals surface area contributed by atoms with E-state index in [0.29, 0.717) is 18.1 Å². The molecule has 7 nitrogen and oxygen atoms in total. The Bertz CT molecular complexity index is 867. The van der Waals surface area contributed by atoms with E-state index >= 15 is 0 Å². The Balaban J connectivity index is 1.70. The monoisotopic (exact) mass is 297 g/mol. The van der Waals surface area contributed by atoms with E-state index in [2.05, 4.69) is 20.4 Å². The first kappa shape index (κ1) is 14.0.